The Morgan fingerprint density at radius 1 is 1.33 bits per heavy atom. The SMILES string of the molecule is Cc1cc(CCC(=O)N(C)C)nc(C2CCN(C)CC2)n1. The fourth-order valence-electron chi connectivity index (χ4n) is 2.69. The zero-order valence-electron chi connectivity index (χ0n) is 13.6. The number of rotatable bonds is 4. The van der Waals surface area contributed by atoms with Gasteiger partial charge in [-0.25, -0.2) is 9.97 Å². The molecule has 0 atom stereocenters. The van der Waals surface area contributed by atoms with Crippen LogP contribution in [-0.4, -0.2) is 59.9 Å². The van der Waals surface area contributed by atoms with Gasteiger partial charge in [0.2, 0.25) is 5.91 Å². The van der Waals surface area contributed by atoms with Crippen LogP contribution in [-0.2, 0) is 11.2 Å². The molecule has 0 unspecified atom stereocenters. The van der Waals surface area contributed by atoms with Crippen molar-refractivity contribution in [1.82, 2.24) is 19.8 Å². The van der Waals surface area contributed by atoms with Gasteiger partial charge in [-0.1, -0.05) is 0 Å². The van der Waals surface area contributed by atoms with Crippen molar-refractivity contribution in [3.63, 3.8) is 0 Å². The third kappa shape index (κ3) is 4.49. The van der Waals surface area contributed by atoms with Crippen molar-refractivity contribution in [2.75, 3.05) is 34.2 Å². The van der Waals surface area contributed by atoms with Crippen molar-refractivity contribution in [3.05, 3.63) is 23.3 Å². The fourth-order valence-corrected chi connectivity index (χ4v) is 2.69. The Kier molecular flexibility index (Phi) is 5.28. The lowest BCUT2D eigenvalue weighted by Gasteiger charge is -2.28. The summed E-state index contributed by atoms with van der Waals surface area (Å²) in [7, 11) is 5.74. The molecule has 1 amide bonds. The van der Waals surface area contributed by atoms with Crippen LogP contribution in [0.4, 0.5) is 0 Å². The molecule has 0 aliphatic carbocycles. The van der Waals surface area contributed by atoms with Crippen molar-refractivity contribution in [2.24, 2.45) is 0 Å². The highest BCUT2D eigenvalue weighted by molar-refractivity contribution is 5.75. The van der Waals surface area contributed by atoms with Gasteiger partial charge in [0.1, 0.15) is 5.82 Å². The summed E-state index contributed by atoms with van der Waals surface area (Å²) < 4.78 is 0. The molecule has 0 radical (unpaired) electrons. The van der Waals surface area contributed by atoms with E-state index in [4.69, 9.17) is 4.98 Å². The van der Waals surface area contributed by atoms with Crippen LogP contribution in [0.2, 0.25) is 0 Å². The number of hydrogen-bond acceptors (Lipinski definition) is 4. The predicted molar refractivity (Wildman–Crippen MR) is 83.3 cm³/mol. The van der Waals surface area contributed by atoms with Gasteiger partial charge in [0.15, 0.2) is 0 Å². The predicted octanol–water partition coefficient (Wildman–Crippen LogP) is 1.62. The molecule has 0 N–H and O–H groups in total. The van der Waals surface area contributed by atoms with Crippen LogP contribution < -0.4 is 0 Å². The second kappa shape index (κ2) is 6.98. The maximum absolute atomic E-state index is 11.7. The number of carbonyl (C=O) groups excluding carboxylic acids is 1. The Balaban J connectivity index is 2.05. The normalized spacial score (nSPS) is 17.0. The smallest absolute Gasteiger partial charge is 0.222 e. The molecule has 0 aromatic carbocycles. The van der Waals surface area contributed by atoms with E-state index in [1.165, 1.54) is 0 Å². The highest BCUT2D eigenvalue weighted by Crippen LogP contribution is 2.25. The van der Waals surface area contributed by atoms with E-state index in [1.807, 2.05) is 13.0 Å². The second-order valence-corrected chi connectivity index (χ2v) is 6.22. The number of aromatic nitrogens is 2. The van der Waals surface area contributed by atoms with Gasteiger partial charge in [0, 0.05) is 37.8 Å². The summed E-state index contributed by atoms with van der Waals surface area (Å²) in [5, 5.41) is 0. The summed E-state index contributed by atoms with van der Waals surface area (Å²) in [6, 6.07) is 2.00. The maximum atomic E-state index is 11.7. The van der Waals surface area contributed by atoms with Gasteiger partial charge in [-0.2, -0.15) is 0 Å². The van der Waals surface area contributed by atoms with Crippen molar-refractivity contribution < 1.29 is 4.79 Å². The first-order valence-corrected chi connectivity index (χ1v) is 7.69. The van der Waals surface area contributed by atoms with E-state index in [0.29, 0.717) is 18.8 Å². The average Bonchev–Trinajstić information content (AvgIpc) is 2.44. The molecule has 1 aromatic rings. The van der Waals surface area contributed by atoms with Crippen molar-refractivity contribution in [1.29, 1.82) is 0 Å². The molecule has 1 aliphatic heterocycles. The lowest BCUT2D eigenvalue weighted by atomic mass is 9.96. The molecule has 1 fully saturated rings. The van der Waals surface area contributed by atoms with E-state index in [1.54, 1.807) is 19.0 Å². The molecule has 5 heteroatoms. The van der Waals surface area contributed by atoms with Crippen LogP contribution in [0.5, 0.6) is 0 Å². The van der Waals surface area contributed by atoms with Gasteiger partial charge in [-0.3, -0.25) is 4.79 Å². The molecule has 1 aromatic heterocycles. The van der Waals surface area contributed by atoms with Gasteiger partial charge in [0.05, 0.1) is 0 Å². The third-order valence-corrected chi connectivity index (χ3v) is 4.10. The standard InChI is InChI=1S/C16H26N4O/c1-12-11-14(5-6-15(21)19(2)3)18-16(17-12)13-7-9-20(4)10-8-13/h11,13H,5-10H2,1-4H3. The molecular weight excluding hydrogens is 264 g/mol. The van der Waals surface area contributed by atoms with E-state index < -0.39 is 0 Å². The molecule has 2 heterocycles. The van der Waals surface area contributed by atoms with Crippen LogP contribution in [0.15, 0.2) is 6.07 Å². The molecule has 0 spiro atoms. The van der Waals surface area contributed by atoms with E-state index in [0.717, 1.165) is 43.1 Å². The Labute approximate surface area is 127 Å². The van der Waals surface area contributed by atoms with E-state index in [-0.39, 0.29) is 5.91 Å². The highest BCUT2D eigenvalue weighted by Gasteiger charge is 2.21. The summed E-state index contributed by atoms with van der Waals surface area (Å²) in [5.41, 5.74) is 2.00. The quantitative estimate of drug-likeness (QED) is 0.845. The summed E-state index contributed by atoms with van der Waals surface area (Å²) in [4.78, 5) is 25.0. The van der Waals surface area contributed by atoms with Crippen molar-refractivity contribution >= 4 is 5.91 Å². The van der Waals surface area contributed by atoms with Gasteiger partial charge in [-0.05, 0) is 52.4 Å². The summed E-state index contributed by atoms with van der Waals surface area (Å²) >= 11 is 0. The van der Waals surface area contributed by atoms with Gasteiger partial charge in [0.25, 0.3) is 0 Å². The number of hydrogen-bond donors (Lipinski definition) is 0. The zero-order valence-corrected chi connectivity index (χ0v) is 13.6. The first kappa shape index (κ1) is 15.9. The largest absolute Gasteiger partial charge is 0.349 e. The van der Waals surface area contributed by atoms with Crippen LogP contribution >= 0.6 is 0 Å². The second-order valence-electron chi connectivity index (χ2n) is 6.22. The Morgan fingerprint density at radius 2 is 2.00 bits per heavy atom. The number of aryl methyl sites for hydroxylation is 2. The Hall–Kier alpha value is -1.49. The van der Waals surface area contributed by atoms with Crippen LogP contribution in [0.1, 0.15) is 42.4 Å². The number of carbonyl (C=O) groups is 1. The molecule has 21 heavy (non-hydrogen) atoms. The average molecular weight is 290 g/mol. The number of nitrogens with zero attached hydrogens (tertiary/aromatic N) is 4. The van der Waals surface area contributed by atoms with E-state index >= 15 is 0 Å². The van der Waals surface area contributed by atoms with Crippen molar-refractivity contribution in [3.8, 4) is 0 Å². The summed E-state index contributed by atoms with van der Waals surface area (Å²) in [5.74, 6) is 1.58. The van der Waals surface area contributed by atoms with Gasteiger partial charge >= 0.3 is 0 Å². The topological polar surface area (TPSA) is 49.3 Å². The first-order chi connectivity index (χ1) is 9.95. The molecule has 0 saturated carbocycles. The molecule has 0 bridgehead atoms. The molecule has 1 aliphatic rings. The molecule has 1 saturated heterocycles. The lowest BCUT2D eigenvalue weighted by Crippen LogP contribution is -2.30. The minimum Gasteiger partial charge on any atom is -0.349 e. The van der Waals surface area contributed by atoms with Crippen molar-refractivity contribution in [2.45, 2.75) is 38.5 Å². The third-order valence-electron chi connectivity index (χ3n) is 4.10. The number of piperidine rings is 1. The minimum atomic E-state index is 0.145. The summed E-state index contributed by atoms with van der Waals surface area (Å²) in [6.45, 7) is 4.23. The van der Waals surface area contributed by atoms with E-state index in [9.17, 15) is 4.79 Å². The molecule has 5 nitrogen and oxygen atoms in total. The van der Waals surface area contributed by atoms with Gasteiger partial charge in [-0.15, -0.1) is 0 Å². The lowest BCUT2D eigenvalue weighted by molar-refractivity contribution is -0.128. The summed E-state index contributed by atoms with van der Waals surface area (Å²) in [6.07, 6.45) is 3.45. The van der Waals surface area contributed by atoms with Crippen LogP contribution in [0.25, 0.3) is 0 Å². The minimum absolute atomic E-state index is 0.145. The monoisotopic (exact) mass is 290 g/mol. The van der Waals surface area contributed by atoms with Crippen LogP contribution in [0.3, 0.4) is 0 Å². The zero-order chi connectivity index (χ0) is 15.4. The van der Waals surface area contributed by atoms with E-state index in [2.05, 4.69) is 16.9 Å². The number of amides is 1. The highest BCUT2D eigenvalue weighted by atomic mass is 16.2. The Morgan fingerprint density at radius 3 is 2.62 bits per heavy atom. The molecule has 2 rings (SSSR count). The van der Waals surface area contributed by atoms with Crippen LogP contribution in [0, 0.1) is 6.92 Å². The molecule has 116 valence electrons. The number of likely N-dealkylation sites (tertiary alicyclic amines) is 1. The fraction of sp³-hybridized carbons (Fsp3) is 0.688. The Bertz CT molecular complexity index is 493. The maximum Gasteiger partial charge on any atom is 0.222 e. The van der Waals surface area contributed by atoms with Gasteiger partial charge < -0.3 is 9.80 Å². The first-order valence-electron chi connectivity index (χ1n) is 7.69. The molecular formula is C16H26N4O.